The summed E-state index contributed by atoms with van der Waals surface area (Å²) in [4.78, 5) is 47.0. The standard InChI is InChI=1S/C16H15NO7S/c1-2-23-14(20)8-17-15(21)12(25-16(17)22)7-10-3-5-11(6-4-10)24-9-13(18)19/h3-7H,2,8-9H2,1H3,(H,18,19)/b12-7+. The highest BCUT2D eigenvalue weighted by Crippen LogP contribution is 2.32. The van der Waals surface area contributed by atoms with E-state index in [1.54, 1.807) is 31.2 Å². The Morgan fingerprint density at radius 1 is 1.24 bits per heavy atom. The molecule has 0 aliphatic carbocycles. The van der Waals surface area contributed by atoms with Crippen molar-refractivity contribution in [2.24, 2.45) is 0 Å². The predicted molar refractivity (Wildman–Crippen MR) is 88.9 cm³/mol. The van der Waals surface area contributed by atoms with Crippen molar-refractivity contribution in [1.82, 2.24) is 4.90 Å². The zero-order chi connectivity index (χ0) is 18.4. The third-order valence-corrected chi connectivity index (χ3v) is 3.91. The fourth-order valence-corrected chi connectivity index (χ4v) is 2.77. The molecule has 0 radical (unpaired) electrons. The monoisotopic (exact) mass is 365 g/mol. The molecule has 1 aromatic rings. The molecule has 2 amide bonds. The minimum atomic E-state index is -1.08. The van der Waals surface area contributed by atoms with Crippen LogP contribution in [-0.4, -0.2) is 52.8 Å². The minimum absolute atomic E-state index is 0.168. The number of carbonyl (C=O) groups is 4. The van der Waals surface area contributed by atoms with E-state index in [0.29, 0.717) is 11.3 Å². The molecule has 2 rings (SSSR count). The molecule has 0 saturated carbocycles. The van der Waals surface area contributed by atoms with Crippen LogP contribution in [0.3, 0.4) is 0 Å². The maximum Gasteiger partial charge on any atom is 0.341 e. The molecule has 0 atom stereocenters. The lowest BCUT2D eigenvalue weighted by atomic mass is 10.2. The quantitative estimate of drug-likeness (QED) is 0.575. The van der Waals surface area contributed by atoms with Gasteiger partial charge in [-0.2, -0.15) is 0 Å². The zero-order valence-electron chi connectivity index (χ0n) is 13.3. The molecule has 0 spiro atoms. The summed E-state index contributed by atoms with van der Waals surface area (Å²) in [6.07, 6.45) is 1.51. The van der Waals surface area contributed by atoms with Crippen LogP contribution in [0.4, 0.5) is 4.79 Å². The van der Waals surface area contributed by atoms with Gasteiger partial charge in [0.1, 0.15) is 12.3 Å². The predicted octanol–water partition coefficient (Wildman–Crippen LogP) is 1.75. The second kappa shape index (κ2) is 8.34. The molecule has 1 heterocycles. The maximum atomic E-state index is 12.2. The van der Waals surface area contributed by atoms with Crippen molar-refractivity contribution in [3.05, 3.63) is 34.7 Å². The number of carboxylic acid groups (broad SMARTS) is 1. The summed E-state index contributed by atoms with van der Waals surface area (Å²) in [6.45, 7) is 0.931. The summed E-state index contributed by atoms with van der Waals surface area (Å²) >= 11 is 0.737. The highest BCUT2D eigenvalue weighted by Gasteiger charge is 2.36. The van der Waals surface area contributed by atoms with Crippen LogP contribution in [0.5, 0.6) is 5.75 Å². The van der Waals surface area contributed by atoms with Gasteiger partial charge < -0.3 is 14.6 Å². The van der Waals surface area contributed by atoms with Gasteiger partial charge in [0.05, 0.1) is 11.5 Å². The van der Waals surface area contributed by atoms with Gasteiger partial charge in [-0.05, 0) is 42.5 Å². The van der Waals surface area contributed by atoms with Crippen LogP contribution in [-0.2, 0) is 19.1 Å². The van der Waals surface area contributed by atoms with Gasteiger partial charge in [-0.1, -0.05) is 12.1 Å². The van der Waals surface area contributed by atoms with E-state index in [0.717, 1.165) is 16.7 Å². The molecular weight excluding hydrogens is 350 g/mol. The number of carbonyl (C=O) groups excluding carboxylic acids is 3. The molecular formula is C16H15NO7S. The van der Waals surface area contributed by atoms with Gasteiger partial charge in [0.25, 0.3) is 11.1 Å². The third-order valence-electron chi connectivity index (χ3n) is 3.01. The molecule has 132 valence electrons. The molecule has 1 N–H and O–H groups in total. The first-order valence-corrected chi connectivity index (χ1v) is 8.08. The summed E-state index contributed by atoms with van der Waals surface area (Å²) < 4.78 is 9.75. The Hall–Kier alpha value is -2.81. The van der Waals surface area contributed by atoms with Gasteiger partial charge in [-0.15, -0.1) is 0 Å². The zero-order valence-corrected chi connectivity index (χ0v) is 14.1. The van der Waals surface area contributed by atoms with Crippen molar-refractivity contribution in [1.29, 1.82) is 0 Å². The van der Waals surface area contributed by atoms with Crippen LogP contribution in [0.2, 0.25) is 0 Å². The molecule has 9 heteroatoms. The van der Waals surface area contributed by atoms with Crippen LogP contribution in [0, 0.1) is 0 Å². The number of amides is 2. The Labute approximate surface area is 147 Å². The number of benzene rings is 1. The van der Waals surface area contributed by atoms with Crippen LogP contribution in [0.1, 0.15) is 12.5 Å². The van der Waals surface area contributed by atoms with E-state index >= 15 is 0 Å². The lowest BCUT2D eigenvalue weighted by Gasteiger charge is -2.10. The maximum absolute atomic E-state index is 12.2. The lowest BCUT2D eigenvalue weighted by Crippen LogP contribution is -2.34. The molecule has 1 saturated heterocycles. The van der Waals surface area contributed by atoms with Gasteiger partial charge in [-0.25, -0.2) is 4.79 Å². The number of thioether (sulfide) groups is 1. The number of rotatable bonds is 7. The fraction of sp³-hybridized carbons (Fsp3) is 0.250. The van der Waals surface area contributed by atoms with Crippen LogP contribution >= 0.6 is 11.8 Å². The molecule has 1 aliphatic rings. The van der Waals surface area contributed by atoms with E-state index in [2.05, 4.69) is 0 Å². The molecule has 1 aliphatic heterocycles. The number of carboxylic acids is 1. The largest absolute Gasteiger partial charge is 0.482 e. The fourth-order valence-electron chi connectivity index (χ4n) is 1.93. The van der Waals surface area contributed by atoms with Crippen molar-refractivity contribution in [2.45, 2.75) is 6.92 Å². The van der Waals surface area contributed by atoms with E-state index < -0.39 is 36.2 Å². The first-order valence-electron chi connectivity index (χ1n) is 7.26. The molecule has 8 nitrogen and oxygen atoms in total. The first-order chi connectivity index (χ1) is 11.9. The van der Waals surface area contributed by atoms with Crippen LogP contribution in [0.15, 0.2) is 29.2 Å². The SMILES string of the molecule is CCOC(=O)CN1C(=O)S/C(=C/c2ccc(OCC(=O)O)cc2)C1=O. The number of esters is 1. The van der Waals surface area contributed by atoms with Crippen molar-refractivity contribution in [3.8, 4) is 5.75 Å². The van der Waals surface area contributed by atoms with E-state index in [1.807, 2.05) is 0 Å². The van der Waals surface area contributed by atoms with Crippen molar-refractivity contribution in [3.63, 3.8) is 0 Å². The second-order valence-corrected chi connectivity index (χ2v) is 5.82. The Balaban J connectivity index is 2.05. The number of hydrogen-bond acceptors (Lipinski definition) is 7. The summed E-state index contributed by atoms with van der Waals surface area (Å²) in [5.41, 5.74) is 0.629. The summed E-state index contributed by atoms with van der Waals surface area (Å²) in [5, 5.41) is 8.01. The number of hydrogen-bond donors (Lipinski definition) is 1. The number of aliphatic carboxylic acids is 1. The van der Waals surface area contributed by atoms with Gasteiger partial charge in [0, 0.05) is 0 Å². The Morgan fingerprint density at radius 2 is 1.92 bits per heavy atom. The molecule has 25 heavy (non-hydrogen) atoms. The second-order valence-electron chi connectivity index (χ2n) is 4.82. The molecule has 0 aromatic heterocycles. The number of nitrogens with zero attached hydrogens (tertiary/aromatic N) is 1. The highest BCUT2D eigenvalue weighted by atomic mass is 32.2. The Bertz CT molecular complexity index is 727. The van der Waals surface area contributed by atoms with Crippen molar-refractivity contribution >= 4 is 40.9 Å². The molecule has 1 fully saturated rings. The average Bonchev–Trinajstić information content (AvgIpc) is 2.82. The topological polar surface area (TPSA) is 110 Å². The van der Waals surface area contributed by atoms with Gasteiger partial charge in [0.15, 0.2) is 6.61 Å². The molecule has 0 unspecified atom stereocenters. The lowest BCUT2D eigenvalue weighted by molar-refractivity contribution is -0.146. The van der Waals surface area contributed by atoms with Crippen molar-refractivity contribution < 1.29 is 33.8 Å². The summed E-state index contributed by atoms with van der Waals surface area (Å²) in [6, 6.07) is 6.35. The first kappa shape index (κ1) is 18.5. The van der Waals surface area contributed by atoms with Gasteiger partial charge in [-0.3, -0.25) is 19.3 Å². The van der Waals surface area contributed by atoms with E-state index in [-0.39, 0.29) is 11.5 Å². The summed E-state index contributed by atoms with van der Waals surface area (Å²) in [7, 11) is 0. The van der Waals surface area contributed by atoms with Gasteiger partial charge >= 0.3 is 11.9 Å². The highest BCUT2D eigenvalue weighted by molar-refractivity contribution is 8.18. The molecule has 0 bridgehead atoms. The minimum Gasteiger partial charge on any atom is -0.482 e. The van der Waals surface area contributed by atoms with Crippen LogP contribution < -0.4 is 4.74 Å². The Kier molecular flexibility index (Phi) is 6.18. The van der Waals surface area contributed by atoms with E-state index in [4.69, 9.17) is 14.6 Å². The summed E-state index contributed by atoms with van der Waals surface area (Å²) in [5.74, 6) is -1.92. The number of imide groups is 1. The third kappa shape index (κ3) is 5.08. The number of ether oxygens (including phenoxy) is 2. The van der Waals surface area contributed by atoms with Gasteiger partial charge in [0.2, 0.25) is 0 Å². The van der Waals surface area contributed by atoms with E-state index in [1.165, 1.54) is 6.08 Å². The van der Waals surface area contributed by atoms with Crippen molar-refractivity contribution in [2.75, 3.05) is 19.8 Å². The smallest absolute Gasteiger partial charge is 0.341 e. The van der Waals surface area contributed by atoms with E-state index in [9.17, 15) is 19.2 Å². The Morgan fingerprint density at radius 3 is 2.52 bits per heavy atom. The van der Waals surface area contributed by atoms with Crippen LogP contribution in [0.25, 0.3) is 6.08 Å². The normalized spacial score (nSPS) is 15.6. The molecule has 1 aromatic carbocycles. The average molecular weight is 365 g/mol.